The molecule has 1 N–H and O–H groups in total. The van der Waals surface area contributed by atoms with Crippen molar-refractivity contribution in [2.24, 2.45) is 5.92 Å². The summed E-state index contributed by atoms with van der Waals surface area (Å²) in [5.41, 5.74) is 2.35. The van der Waals surface area contributed by atoms with Crippen LogP contribution in [0.4, 0.5) is 0 Å². The van der Waals surface area contributed by atoms with E-state index in [2.05, 4.69) is 26.8 Å². The molecule has 29 heavy (non-hydrogen) atoms. The largest absolute Gasteiger partial charge is 0.333 e. The minimum atomic E-state index is -3.29. The van der Waals surface area contributed by atoms with Crippen LogP contribution in [0.1, 0.15) is 44.4 Å². The third-order valence-electron chi connectivity index (χ3n) is 6.48. The van der Waals surface area contributed by atoms with Gasteiger partial charge in [0, 0.05) is 30.1 Å². The van der Waals surface area contributed by atoms with Crippen LogP contribution >= 0.6 is 0 Å². The fourth-order valence-corrected chi connectivity index (χ4v) is 6.23. The van der Waals surface area contributed by atoms with Crippen LogP contribution in [0.5, 0.6) is 0 Å². The van der Waals surface area contributed by atoms with Gasteiger partial charge >= 0.3 is 0 Å². The van der Waals surface area contributed by atoms with Crippen LogP contribution in [0.3, 0.4) is 0 Å². The van der Waals surface area contributed by atoms with E-state index >= 15 is 0 Å². The third-order valence-corrected chi connectivity index (χ3v) is 8.21. The fourth-order valence-electron chi connectivity index (χ4n) is 4.88. The number of hydrogen-bond donors (Lipinski definition) is 1. The SMILES string of the molecule is CC(C)(C)c1ccc(S(=O)(=O)CC[NH+]2CC3CC(C2)c2cccc(=O)n2C3)cc1. The number of aromatic nitrogens is 1. The number of sulfone groups is 1. The standard InChI is InChI=1S/C23H30N2O3S/c1-23(2,3)19-7-9-20(10-8-19)29(27,28)12-11-24-14-17-13-18(16-24)21-5-4-6-22(26)25(21)15-17/h4-10,17-18H,11-16H2,1-3H3/p+1. The molecule has 156 valence electrons. The van der Waals surface area contributed by atoms with E-state index < -0.39 is 9.84 Å². The van der Waals surface area contributed by atoms with E-state index in [1.54, 1.807) is 18.2 Å². The van der Waals surface area contributed by atoms with Gasteiger partial charge in [-0.1, -0.05) is 39.0 Å². The molecule has 2 aromatic rings. The molecule has 0 aliphatic carbocycles. The van der Waals surface area contributed by atoms with Gasteiger partial charge in [0.25, 0.3) is 5.56 Å². The topological polar surface area (TPSA) is 60.6 Å². The first-order chi connectivity index (χ1) is 13.6. The predicted octanol–water partition coefficient (Wildman–Crippen LogP) is 1.62. The van der Waals surface area contributed by atoms with E-state index in [9.17, 15) is 13.2 Å². The second-order valence-corrected chi connectivity index (χ2v) is 11.8. The Morgan fingerprint density at radius 3 is 2.48 bits per heavy atom. The van der Waals surface area contributed by atoms with Gasteiger partial charge in [0.2, 0.25) is 0 Å². The van der Waals surface area contributed by atoms with Gasteiger partial charge in [0.15, 0.2) is 9.84 Å². The fraction of sp³-hybridized carbons (Fsp3) is 0.522. The highest BCUT2D eigenvalue weighted by Crippen LogP contribution is 2.30. The van der Waals surface area contributed by atoms with E-state index in [1.165, 1.54) is 4.90 Å². The molecule has 6 heteroatoms. The maximum absolute atomic E-state index is 12.9. The molecule has 3 unspecified atom stereocenters. The number of likely N-dealkylation sites (tertiary alicyclic amines) is 1. The Balaban J connectivity index is 1.44. The molecule has 0 spiro atoms. The van der Waals surface area contributed by atoms with E-state index in [-0.39, 0.29) is 16.7 Å². The number of benzene rings is 1. The highest BCUT2D eigenvalue weighted by Gasteiger charge is 2.37. The molecule has 2 aliphatic rings. The molecule has 1 saturated heterocycles. The first-order valence-electron chi connectivity index (χ1n) is 10.5. The van der Waals surface area contributed by atoms with Crippen LogP contribution in [-0.2, 0) is 21.8 Å². The quantitative estimate of drug-likeness (QED) is 0.826. The van der Waals surface area contributed by atoms with Gasteiger partial charge in [-0.25, -0.2) is 8.42 Å². The van der Waals surface area contributed by atoms with Gasteiger partial charge in [-0.15, -0.1) is 0 Å². The Hall–Kier alpha value is -1.92. The minimum absolute atomic E-state index is 0.0102. The summed E-state index contributed by atoms with van der Waals surface area (Å²) in [5, 5.41) is 0. The lowest BCUT2D eigenvalue weighted by atomic mass is 9.83. The number of pyridine rings is 1. The molecule has 0 amide bonds. The number of piperidine rings is 1. The smallest absolute Gasteiger partial charge is 0.250 e. The number of nitrogens with zero attached hydrogens (tertiary/aromatic N) is 1. The maximum Gasteiger partial charge on any atom is 0.250 e. The van der Waals surface area contributed by atoms with Crippen LogP contribution in [-0.4, -0.2) is 38.4 Å². The third kappa shape index (κ3) is 4.19. The van der Waals surface area contributed by atoms with Gasteiger partial charge in [-0.05, 0) is 35.6 Å². The van der Waals surface area contributed by atoms with Gasteiger partial charge < -0.3 is 9.47 Å². The van der Waals surface area contributed by atoms with Gasteiger partial charge in [-0.2, -0.15) is 0 Å². The first-order valence-corrected chi connectivity index (χ1v) is 12.2. The summed E-state index contributed by atoms with van der Waals surface area (Å²) >= 11 is 0. The van der Waals surface area contributed by atoms with Crippen molar-refractivity contribution in [1.82, 2.24) is 4.57 Å². The van der Waals surface area contributed by atoms with Crippen LogP contribution in [0.15, 0.2) is 52.2 Å². The average Bonchev–Trinajstić information content (AvgIpc) is 2.67. The highest BCUT2D eigenvalue weighted by atomic mass is 32.2. The van der Waals surface area contributed by atoms with Crippen molar-refractivity contribution >= 4 is 9.84 Å². The van der Waals surface area contributed by atoms with Crippen LogP contribution < -0.4 is 10.5 Å². The molecule has 0 radical (unpaired) electrons. The Morgan fingerprint density at radius 1 is 1.07 bits per heavy atom. The number of rotatable bonds is 4. The second-order valence-electron chi connectivity index (χ2n) is 9.70. The van der Waals surface area contributed by atoms with Gasteiger partial charge in [-0.3, -0.25) is 4.79 Å². The molecule has 1 aromatic carbocycles. The van der Waals surface area contributed by atoms with Crippen molar-refractivity contribution in [3.63, 3.8) is 0 Å². The molecule has 3 heterocycles. The van der Waals surface area contributed by atoms with Gasteiger partial charge in [0.1, 0.15) is 5.75 Å². The van der Waals surface area contributed by atoms with Crippen molar-refractivity contribution in [3.05, 3.63) is 64.1 Å². The van der Waals surface area contributed by atoms with Gasteiger partial charge in [0.05, 0.1) is 24.5 Å². The molecular weight excluding hydrogens is 384 g/mol. The lowest BCUT2D eigenvalue weighted by molar-refractivity contribution is -0.908. The van der Waals surface area contributed by atoms with Crippen molar-refractivity contribution in [2.75, 3.05) is 25.4 Å². The van der Waals surface area contributed by atoms with Crippen molar-refractivity contribution in [2.45, 2.75) is 50.0 Å². The summed E-state index contributed by atoms with van der Waals surface area (Å²) < 4.78 is 27.7. The zero-order valence-corrected chi connectivity index (χ0v) is 18.3. The van der Waals surface area contributed by atoms with E-state index in [0.717, 1.165) is 37.3 Å². The number of fused-ring (bicyclic) bond motifs is 4. The Bertz CT molecular complexity index is 1050. The molecule has 2 aliphatic heterocycles. The lowest BCUT2D eigenvalue weighted by Crippen LogP contribution is -3.15. The zero-order valence-electron chi connectivity index (χ0n) is 17.5. The molecule has 2 bridgehead atoms. The van der Waals surface area contributed by atoms with Crippen molar-refractivity contribution in [3.8, 4) is 0 Å². The highest BCUT2D eigenvalue weighted by molar-refractivity contribution is 7.91. The maximum atomic E-state index is 12.9. The molecule has 5 nitrogen and oxygen atoms in total. The van der Waals surface area contributed by atoms with E-state index in [1.807, 2.05) is 22.8 Å². The Kier molecular flexibility index (Phi) is 5.20. The Morgan fingerprint density at radius 2 is 1.79 bits per heavy atom. The van der Waals surface area contributed by atoms with E-state index in [0.29, 0.717) is 23.3 Å². The first kappa shape index (κ1) is 20.4. The summed E-state index contributed by atoms with van der Waals surface area (Å²) in [6.45, 7) is 9.59. The number of nitrogens with one attached hydrogen (secondary N) is 1. The van der Waals surface area contributed by atoms with E-state index in [4.69, 9.17) is 0 Å². The summed E-state index contributed by atoms with van der Waals surface area (Å²) in [6, 6.07) is 12.9. The summed E-state index contributed by atoms with van der Waals surface area (Å²) in [4.78, 5) is 13.9. The number of quaternary nitrogens is 1. The zero-order chi connectivity index (χ0) is 20.8. The predicted molar refractivity (Wildman–Crippen MR) is 114 cm³/mol. The van der Waals surface area contributed by atoms with Crippen molar-refractivity contribution < 1.29 is 13.3 Å². The van der Waals surface area contributed by atoms with Crippen LogP contribution in [0, 0.1) is 5.92 Å². The average molecular weight is 416 g/mol. The number of hydrogen-bond acceptors (Lipinski definition) is 3. The monoisotopic (exact) mass is 415 g/mol. The van der Waals surface area contributed by atoms with Crippen LogP contribution in [0.25, 0.3) is 0 Å². The molecule has 1 aromatic heterocycles. The minimum Gasteiger partial charge on any atom is -0.333 e. The molecular formula is C23H31N2O3S+. The summed E-state index contributed by atoms with van der Waals surface area (Å²) in [7, 11) is -3.29. The van der Waals surface area contributed by atoms with Crippen LogP contribution in [0.2, 0.25) is 0 Å². The Labute approximate surface area is 173 Å². The molecule has 4 rings (SSSR count). The molecule has 3 atom stereocenters. The molecule has 1 fully saturated rings. The normalized spacial score (nSPS) is 24.2. The molecule has 0 saturated carbocycles. The van der Waals surface area contributed by atoms with Crippen molar-refractivity contribution in [1.29, 1.82) is 0 Å². The lowest BCUT2D eigenvalue weighted by Gasteiger charge is -2.40. The second kappa shape index (κ2) is 7.40. The summed E-state index contributed by atoms with van der Waals surface area (Å²) in [5.74, 6) is 0.961. The summed E-state index contributed by atoms with van der Waals surface area (Å²) in [6.07, 6.45) is 1.11.